The molecular weight excluding hydrogens is 214 g/mol. The van der Waals surface area contributed by atoms with E-state index in [1.54, 1.807) is 0 Å². The van der Waals surface area contributed by atoms with Crippen LogP contribution in [0.1, 0.15) is 53.4 Å². The van der Waals surface area contributed by atoms with Crippen LogP contribution in [0.5, 0.6) is 0 Å². The van der Waals surface area contributed by atoms with Gasteiger partial charge in [0.05, 0.1) is 0 Å². The molecule has 0 aromatic heterocycles. The highest BCUT2D eigenvalue weighted by molar-refractivity contribution is 5.79. The maximum absolute atomic E-state index is 11.6. The van der Waals surface area contributed by atoms with Crippen LogP contribution in [0.3, 0.4) is 0 Å². The molecule has 100 valence electrons. The zero-order chi connectivity index (χ0) is 13.1. The highest BCUT2D eigenvalue weighted by Crippen LogP contribution is 2.43. The van der Waals surface area contributed by atoms with Crippen LogP contribution in [0, 0.1) is 11.8 Å². The van der Waals surface area contributed by atoms with E-state index in [9.17, 15) is 9.90 Å². The van der Waals surface area contributed by atoms with Gasteiger partial charge in [-0.25, -0.2) is 0 Å². The molecule has 1 rings (SSSR count). The summed E-state index contributed by atoms with van der Waals surface area (Å²) in [7, 11) is 0. The van der Waals surface area contributed by atoms with Crippen LogP contribution >= 0.6 is 0 Å². The molecule has 1 atom stereocenters. The van der Waals surface area contributed by atoms with Gasteiger partial charge in [-0.2, -0.15) is 0 Å². The van der Waals surface area contributed by atoms with Gasteiger partial charge in [0.15, 0.2) is 0 Å². The van der Waals surface area contributed by atoms with Crippen molar-refractivity contribution >= 4 is 5.97 Å². The molecule has 0 heterocycles. The van der Waals surface area contributed by atoms with Crippen LogP contribution in [0.2, 0.25) is 0 Å². The summed E-state index contributed by atoms with van der Waals surface area (Å²) in [5, 5.41) is 9.56. The van der Waals surface area contributed by atoms with Crippen molar-refractivity contribution in [3.05, 3.63) is 0 Å². The molecule has 1 fully saturated rings. The quantitative estimate of drug-likeness (QED) is 0.710. The second-order valence-corrected chi connectivity index (χ2v) is 5.45. The van der Waals surface area contributed by atoms with Gasteiger partial charge in [-0.15, -0.1) is 0 Å². The smallest absolute Gasteiger partial charge is 0.324 e. The number of hydrogen-bond donors (Lipinski definition) is 1. The Morgan fingerprint density at radius 2 is 1.88 bits per heavy atom. The molecule has 0 radical (unpaired) electrons. The van der Waals surface area contributed by atoms with Crippen LogP contribution in [0.15, 0.2) is 0 Å². The number of carbonyl (C=O) groups is 1. The standard InChI is InChI=1S/C14H27NO2/c1-5-11(6-2)10-15(7-3)14(4,13(16)17)12-8-9-12/h11-12H,5-10H2,1-4H3,(H,16,17). The van der Waals surface area contributed by atoms with Gasteiger partial charge >= 0.3 is 5.97 Å². The monoisotopic (exact) mass is 241 g/mol. The largest absolute Gasteiger partial charge is 0.480 e. The number of nitrogens with zero attached hydrogens (tertiary/aromatic N) is 1. The molecule has 1 aliphatic rings. The number of likely N-dealkylation sites (N-methyl/N-ethyl adjacent to an activating group) is 1. The minimum Gasteiger partial charge on any atom is -0.480 e. The SMILES string of the molecule is CCC(CC)CN(CC)C(C)(C(=O)O)C1CC1. The fourth-order valence-electron chi connectivity index (χ4n) is 2.72. The zero-order valence-corrected chi connectivity index (χ0v) is 11.7. The molecule has 1 aliphatic carbocycles. The summed E-state index contributed by atoms with van der Waals surface area (Å²) >= 11 is 0. The highest BCUT2D eigenvalue weighted by Gasteiger charge is 2.51. The minimum atomic E-state index is -0.646. The van der Waals surface area contributed by atoms with Crippen molar-refractivity contribution in [2.24, 2.45) is 11.8 Å². The van der Waals surface area contributed by atoms with E-state index in [0.29, 0.717) is 11.8 Å². The lowest BCUT2D eigenvalue weighted by Gasteiger charge is -2.39. The Labute approximate surface area is 105 Å². The minimum absolute atomic E-state index is 0.356. The molecule has 3 nitrogen and oxygen atoms in total. The van der Waals surface area contributed by atoms with E-state index >= 15 is 0 Å². The summed E-state index contributed by atoms with van der Waals surface area (Å²) in [6, 6.07) is 0. The van der Waals surface area contributed by atoms with Crippen LogP contribution in [0.25, 0.3) is 0 Å². The van der Waals surface area contributed by atoms with Gasteiger partial charge in [-0.05, 0) is 38.1 Å². The van der Waals surface area contributed by atoms with Gasteiger partial charge in [0.1, 0.15) is 5.54 Å². The summed E-state index contributed by atoms with van der Waals surface area (Å²) in [6.45, 7) is 10.1. The molecule has 0 spiro atoms. The zero-order valence-electron chi connectivity index (χ0n) is 11.7. The molecule has 1 unspecified atom stereocenters. The lowest BCUT2D eigenvalue weighted by Crippen LogP contribution is -2.55. The Morgan fingerprint density at radius 1 is 1.35 bits per heavy atom. The lowest BCUT2D eigenvalue weighted by molar-refractivity contribution is -0.152. The van der Waals surface area contributed by atoms with Gasteiger partial charge in [-0.1, -0.05) is 33.6 Å². The molecule has 0 aliphatic heterocycles. The molecule has 1 saturated carbocycles. The van der Waals surface area contributed by atoms with E-state index in [-0.39, 0.29) is 0 Å². The van der Waals surface area contributed by atoms with Crippen LogP contribution in [-0.2, 0) is 4.79 Å². The first-order chi connectivity index (χ1) is 8.00. The van der Waals surface area contributed by atoms with E-state index in [0.717, 1.165) is 38.8 Å². The van der Waals surface area contributed by atoms with E-state index in [1.165, 1.54) is 0 Å². The third-order valence-corrected chi connectivity index (χ3v) is 4.48. The molecular formula is C14H27NO2. The predicted molar refractivity (Wildman–Crippen MR) is 70.1 cm³/mol. The molecule has 0 amide bonds. The van der Waals surface area contributed by atoms with Gasteiger partial charge < -0.3 is 5.11 Å². The van der Waals surface area contributed by atoms with E-state index in [4.69, 9.17) is 0 Å². The molecule has 0 aromatic carbocycles. The molecule has 0 saturated heterocycles. The fraction of sp³-hybridized carbons (Fsp3) is 0.929. The Balaban J connectivity index is 2.78. The third-order valence-electron chi connectivity index (χ3n) is 4.48. The Kier molecular flexibility index (Phi) is 4.99. The summed E-state index contributed by atoms with van der Waals surface area (Å²) in [5.41, 5.74) is -0.642. The molecule has 0 bridgehead atoms. The van der Waals surface area contributed by atoms with Gasteiger partial charge in [0.2, 0.25) is 0 Å². The molecule has 1 N–H and O–H groups in total. The summed E-state index contributed by atoms with van der Waals surface area (Å²) in [5.74, 6) is 0.328. The van der Waals surface area contributed by atoms with Crippen molar-refractivity contribution in [1.29, 1.82) is 0 Å². The average Bonchev–Trinajstić information content (AvgIpc) is 3.13. The van der Waals surface area contributed by atoms with Crippen molar-refractivity contribution in [1.82, 2.24) is 4.90 Å². The molecule has 3 heteroatoms. The summed E-state index contributed by atoms with van der Waals surface area (Å²) < 4.78 is 0. The Morgan fingerprint density at radius 3 is 2.18 bits per heavy atom. The van der Waals surface area contributed by atoms with E-state index in [2.05, 4.69) is 25.7 Å². The van der Waals surface area contributed by atoms with Crippen molar-refractivity contribution in [3.8, 4) is 0 Å². The second-order valence-electron chi connectivity index (χ2n) is 5.45. The second kappa shape index (κ2) is 5.85. The molecule has 17 heavy (non-hydrogen) atoms. The Hall–Kier alpha value is -0.570. The Bertz CT molecular complexity index is 259. The number of rotatable bonds is 8. The summed E-state index contributed by atoms with van der Waals surface area (Å²) in [4.78, 5) is 13.8. The first-order valence-corrected chi connectivity index (χ1v) is 6.99. The van der Waals surface area contributed by atoms with Crippen molar-refractivity contribution in [2.45, 2.75) is 58.9 Å². The number of hydrogen-bond acceptors (Lipinski definition) is 2. The van der Waals surface area contributed by atoms with Crippen LogP contribution < -0.4 is 0 Å². The maximum atomic E-state index is 11.6. The van der Waals surface area contributed by atoms with Gasteiger partial charge in [0.25, 0.3) is 0 Å². The van der Waals surface area contributed by atoms with Gasteiger partial charge in [-0.3, -0.25) is 9.69 Å². The predicted octanol–water partition coefficient (Wildman–Crippen LogP) is 3.00. The average molecular weight is 241 g/mol. The van der Waals surface area contributed by atoms with Crippen molar-refractivity contribution < 1.29 is 9.90 Å². The third kappa shape index (κ3) is 3.01. The van der Waals surface area contributed by atoms with Crippen LogP contribution in [0.4, 0.5) is 0 Å². The maximum Gasteiger partial charge on any atom is 0.324 e. The number of carboxylic acids is 1. The molecule has 0 aromatic rings. The fourth-order valence-corrected chi connectivity index (χ4v) is 2.72. The first kappa shape index (κ1) is 14.5. The topological polar surface area (TPSA) is 40.5 Å². The van der Waals surface area contributed by atoms with Crippen molar-refractivity contribution in [3.63, 3.8) is 0 Å². The highest BCUT2D eigenvalue weighted by atomic mass is 16.4. The van der Waals surface area contributed by atoms with Gasteiger partial charge in [0, 0.05) is 6.54 Å². The summed E-state index contributed by atoms with van der Waals surface area (Å²) in [6.07, 6.45) is 4.41. The van der Waals surface area contributed by atoms with E-state index in [1.807, 2.05) is 6.92 Å². The number of aliphatic carboxylic acids is 1. The van der Waals surface area contributed by atoms with Crippen molar-refractivity contribution in [2.75, 3.05) is 13.1 Å². The van der Waals surface area contributed by atoms with Crippen LogP contribution in [-0.4, -0.2) is 34.6 Å². The number of carboxylic acid groups (broad SMARTS) is 1. The first-order valence-electron chi connectivity index (χ1n) is 6.99. The van der Waals surface area contributed by atoms with E-state index < -0.39 is 11.5 Å². The normalized spacial score (nSPS) is 19.6. The lowest BCUT2D eigenvalue weighted by atomic mass is 9.91.